The van der Waals surface area contributed by atoms with E-state index in [9.17, 15) is 4.79 Å². The Morgan fingerprint density at radius 2 is 2.07 bits per heavy atom. The molecule has 3 nitrogen and oxygen atoms in total. The molecule has 0 aromatic carbocycles. The van der Waals surface area contributed by atoms with E-state index in [2.05, 4.69) is 5.32 Å². The summed E-state index contributed by atoms with van der Waals surface area (Å²) in [6.45, 7) is 6.46. The summed E-state index contributed by atoms with van der Waals surface area (Å²) in [6.07, 6.45) is 5.42. The minimum atomic E-state index is -0.429. The molecule has 0 spiro atoms. The lowest BCUT2D eigenvalue weighted by molar-refractivity contribution is -0.127. The van der Waals surface area contributed by atoms with Crippen molar-refractivity contribution in [2.75, 3.05) is 13.2 Å². The van der Waals surface area contributed by atoms with Crippen LogP contribution in [-0.2, 0) is 4.79 Å². The summed E-state index contributed by atoms with van der Waals surface area (Å²) in [5, 5.41) is 11.7. The predicted octanol–water partition coefficient (Wildman–Crippen LogP) is 1.48. The molecule has 2 N–H and O–H groups in total. The van der Waals surface area contributed by atoms with E-state index in [4.69, 9.17) is 5.11 Å². The molecule has 0 radical (unpaired) electrons. The van der Waals surface area contributed by atoms with Gasteiger partial charge in [0.05, 0.1) is 12.0 Å². The minimum Gasteiger partial charge on any atom is -0.395 e. The Kier molecular flexibility index (Phi) is 6.21. The number of nitrogens with one attached hydrogen (secondary N) is 1. The van der Waals surface area contributed by atoms with E-state index in [1.807, 2.05) is 32.9 Å². The molecule has 0 aliphatic heterocycles. The lowest BCUT2D eigenvalue weighted by Crippen LogP contribution is -2.34. The van der Waals surface area contributed by atoms with E-state index < -0.39 is 5.41 Å². The van der Waals surface area contributed by atoms with Gasteiger partial charge in [0.15, 0.2) is 0 Å². The van der Waals surface area contributed by atoms with Crippen LogP contribution in [0.5, 0.6) is 0 Å². The first kappa shape index (κ1) is 13.2. The normalized spacial score (nSPS) is 17.1. The Morgan fingerprint density at radius 3 is 2.43 bits per heavy atom. The van der Waals surface area contributed by atoms with Gasteiger partial charge in [-0.1, -0.05) is 26.0 Å². The average molecular weight is 199 g/mol. The summed E-state index contributed by atoms with van der Waals surface area (Å²) in [5.74, 6) is -0.0110. The van der Waals surface area contributed by atoms with Crippen molar-refractivity contribution in [3.8, 4) is 0 Å². The van der Waals surface area contributed by atoms with Gasteiger partial charge in [-0.15, -0.1) is 0 Å². The van der Waals surface area contributed by atoms with E-state index in [-0.39, 0.29) is 12.5 Å². The zero-order chi connectivity index (χ0) is 11.0. The average Bonchev–Trinajstić information content (AvgIpc) is 3.02. The maximum Gasteiger partial charge on any atom is 0.228 e. The molecular formula is C11H21NO2. The van der Waals surface area contributed by atoms with Crippen LogP contribution in [0.1, 0.15) is 33.6 Å². The van der Waals surface area contributed by atoms with Crippen molar-refractivity contribution in [3.63, 3.8) is 0 Å². The molecule has 0 bridgehead atoms. The summed E-state index contributed by atoms with van der Waals surface area (Å²) in [5.41, 5.74) is -0.429. The largest absolute Gasteiger partial charge is 0.395 e. The van der Waals surface area contributed by atoms with Crippen molar-refractivity contribution in [2.24, 2.45) is 5.41 Å². The van der Waals surface area contributed by atoms with Gasteiger partial charge in [0.1, 0.15) is 0 Å². The summed E-state index contributed by atoms with van der Waals surface area (Å²) in [7, 11) is 0. The van der Waals surface area contributed by atoms with Crippen molar-refractivity contribution >= 4 is 5.91 Å². The van der Waals surface area contributed by atoms with Crippen LogP contribution in [-0.4, -0.2) is 24.2 Å². The summed E-state index contributed by atoms with van der Waals surface area (Å²) in [6, 6.07) is 0. The highest BCUT2D eigenvalue weighted by atomic mass is 16.3. The second kappa shape index (κ2) is 6.60. The maximum atomic E-state index is 11.3. The SMILES string of the molecule is C/C=C/CNC(=O)C1(CO)CC1.CC. The van der Waals surface area contributed by atoms with Crippen LogP contribution < -0.4 is 5.32 Å². The fourth-order valence-electron chi connectivity index (χ4n) is 1.06. The highest BCUT2D eigenvalue weighted by Gasteiger charge is 2.48. The maximum absolute atomic E-state index is 11.3. The van der Waals surface area contributed by atoms with Gasteiger partial charge in [0, 0.05) is 6.54 Å². The number of aliphatic hydroxyl groups is 1. The molecule has 1 amide bonds. The molecule has 82 valence electrons. The number of amides is 1. The molecule has 0 heterocycles. The molecule has 3 heteroatoms. The second-order valence-electron chi connectivity index (χ2n) is 3.22. The first-order chi connectivity index (χ1) is 6.75. The molecule has 14 heavy (non-hydrogen) atoms. The third kappa shape index (κ3) is 3.50. The molecule has 1 saturated carbocycles. The summed E-state index contributed by atoms with van der Waals surface area (Å²) in [4.78, 5) is 11.3. The first-order valence-corrected chi connectivity index (χ1v) is 5.25. The third-order valence-electron chi connectivity index (χ3n) is 2.25. The quantitative estimate of drug-likeness (QED) is 0.674. The topological polar surface area (TPSA) is 49.3 Å². The van der Waals surface area contributed by atoms with E-state index in [0.29, 0.717) is 6.54 Å². The number of aliphatic hydroxyl groups excluding tert-OH is 1. The van der Waals surface area contributed by atoms with Gasteiger partial charge in [-0.05, 0) is 19.8 Å². The number of carbonyl (C=O) groups is 1. The molecule has 0 aromatic rings. The van der Waals surface area contributed by atoms with Gasteiger partial charge in [-0.2, -0.15) is 0 Å². The van der Waals surface area contributed by atoms with E-state index in [1.54, 1.807) is 0 Å². The lowest BCUT2D eigenvalue weighted by atomic mass is 10.1. The van der Waals surface area contributed by atoms with Crippen molar-refractivity contribution < 1.29 is 9.90 Å². The van der Waals surface area contributed by atoms with Gasteiger partial charge < -0.3 is 10.4 Å². The highest BCUT2D eigenvalue weighted by molar-refractivity contribution is 5.85. The van der Waals surface area contributed by atoms with Crippen LogP contribution in [0.3, 0.4) is 0 Å². The zero-order valence-corrected chi connectivity index (χ0v) is 9.34. The van der Waals surface area contributed by atoms with Crippen molar-refractivity contribution in [2.45, 2.75) is 33.6 Å². The van der Waals surface area contributed by atoms with Gasteiger partial charge in [-0.3, -0.25) is 4.79 Å². The van der Waals surface area contributed by atoms with E-state index >= 15 is 0 Å². The van der Waals surface area contributed by atoms with Crippen LogP contribution in [0.4, 0.5) is 0 Å². The van der Waals surface area contributed by atoms with E-state index in [1.165, 1.54) is 0 Å². The molecule has 1 aliphatic rings. The van der Waals surface area contributed by atoms with Gasteiger partial charge >= 0.3 is 0 Å². The Balaban J connectivity index is 0.000000791. The van der Waals surface area contributed by atoms with Crippen molar-refractivity contribution in [1.29, 1.82) is 0 Å². The summed E-state index contributed by atoms with van der Waals surface area (Å²) >= 11 is 0. The monoisotopic (exact) mass is 199 g/mol. The van der Waals surface area contributed by atoms with Gasteiger partial charge in [-0.25, -0.2) is 0 Å². The number of rotatable bonds is 4. The standard InChI is InChI=1S/C9H15NO2.C2H6/c1-2-3-6-10-8(12)9(7-11)4-5-9;1-2/h2-3,11H,4-7H2,1H3,(H,10,12);1-2H3/b3-2+;. The van der Waals surface area contributed by atoms with Crippen molar-refractivity contribution in [1.82, 2.24) is 5.32 Å². The Bertz CT molecular complexity index is 195. The predicted molar refractivity (Wildman–Crippen MR) is 57.9 cm³/mol. The third-order valence-corrected chi connectivity index (χ3v) is 2.25. The first-order valence-electron chi connectivity index (χ1n) is 5.25. The minimum absolute atomic E-state index is 0.0110. The highest BCUT2D eigenvalue weighted by Crippen LogP contribution is 2.45. The molecule has 0 aromatic heterocycles. The Morgan fingerprint density at radius 1 is 1.50 bits per heavy atom. The second-order valence-corrected chi connectivity index (χ2v) is 3.22. The molecule has 0 atom stereocenters. The van der Waals surface area contributed by atoms with E-state index in [0.717, 1.165) is 12.8 Å². The Hall–Kier alpha value is -0.830. The fourth-order valence-corrected chi connectivity index (χ4v) is 1.06. The van der Waals surface area contributed by atoms with Gasteiger partial charge in [0.25, 0.3) is 0 Å². The lowest BCUT2D eigenvalue weighted by Gasteiger charge is -2.10. The number of hydrogen-bond acceptors (Lipinski definition) is 2. The molecule has 1 aliphatic carbocycles. The molecular weight excluding hydrogens is 178 g/mol. The molecule has 0 unspecified atom stereocenters. The molecule has 1 rings (SSSR count). The number of carbonyl (C=O) groups excluding carboxylic acids is 1. The Labute approximate surface area is 86.2 Å². The smallest absolute Gasteiger partial charge is 0.228 e. The van der Waals surface area contributed by atoms with Crippen LogP contribution in [0.2, 0.25) is 0 Å². The fraction of sp³-hybridized carbons (Fsp3) is 0.727. The molecule has 1 fully saturated rings. The van der Waals surface area contributed by atoms with Crippen LogP contribution >= 0.6 is 0 Å². The van der Waals surface area contributed by atoms with Gasteiger partial charge in [0.2, 0.25) is 5.91 Å². The summed E-state index contributed by atoms with van der Waals surface area (Å²) < 4.78 is 0. The van der Waals surface area contributed by atoms with Crippen LogP contribution in [0.15, 0.2) is 12.2 Å². The zero-order valence-electron chi connectivity index (χ0n) is 9.34. The van der Waals surface area contributed by atoms with Crippen LogP contribution in [0, 0.1) is 5.41 Å². The molecule has 0 saturated heterocycles. The van der Waals surface area contributed by atoms with Crippen LogP contribution in [0.25, 0.3) is 0 Å². The van der Waals surface area contributed by atoms with Crippen molar-refractivity contribution in [3.05, 3.63) is 12.2 Å². The number of allylic oxidation sites excluding steroid dienone is 1. The number of hydrogen-bond donors (Lipinski definition) is 2.